The third kappa shape index (κ3) is 3.66. The van der Waals surface area contributed by atoms with E-state index >= 15 is 0 Å². The fourth-order valence-electron chi connectivity index (χ4n) is 3.47. The molecule has 0 unspecified atom stereocenters. The SMILES string of the molecule is COc1ccc(NC(=S)N2CCn3cccc3[C@@H]2c2ccc(Cl)cc2)cc1. The highest BCUT2D eigenvalue weighted by atomic mass is 35.5. The van der Waals surface area contributed by atoms with Gasteiger partial charge in [0, 0.05) is 35.7 Å². The van der Waals surface area contributed by atoms with Gasteiger partial charge >= 0.3 is 0 Å². The number of methoxy groups -OCH3 is 1. The summed E-state index contributed by atoms with van der Waals surface area (Å²) in [4.78, 5) is 2.23. The van der Waals surface area contributed by atoms with Crippen LogP contribution < -0.4 is 10.1 Å². The summed E-state index contributed by atoms with van der Waals surface area (Å²) in [7, 11) is 1.66. The molecule has 4 nitrogen and oxygen atoms in total. The second-order valence-electron chi connectivity index (χ2n) is 6.43. The zero-order chi connectivity index (χ0) is 18.8. The first kappa shape index (κ1) is 17.9. The summed E-state index contributed by atoms with van der Waals surface area (Å²) < 4.78 is 7.50. The predicted molar refractivity (Wildman–Crippen MR) is 114 cm³/mol. The van der Waals surface area contributed by atoms with Crippen molar-refractivity contribution in [1.82, 2.24) is 9.47 Å². The summed E-state index contributed by atoms with van der Waals surface area (Å²) in [5, 5.41) is 4.80. The molecule has 6 heteroatoms. The van der Waals surface area contributed by atoms with E-state index in [1.807, 2.05) is 36.4 Å². The molecule has 2 aromatic carbocycles. The number of anilines is 1. The van der Waals surface area contributed by atoms with Gasteiger partial charge in [-0.05, 0) is 66.3 Å². The van der Waals surface area contributed by atoms with Crippen LogP contribution in [0.3, 0.4) is 0 Å². The monoisotopic (exact) mass is 397 g/mol. The molecule has 0 aliphatic carbocycles. The molecule has 0 saturated carbocycles. The number of thiocarbonyl (C=S) groups is 1. The number of nitrogens with one attached hydrogen (secondary N) is 1. The van der Waals surface area contributed by atoms with E-state index in [0.717, 1.165) is 35.1 Å². The Bertz CT molecular complexity index is 937. The number of hydrogen-bond donors (Lipinski definition) is 1. The summed E-state index contributed by atoms with van der Waals surface area (Å²) in [6, 6.07) is 20.0. The van der Waals surface area contributed by atoms with Gasteiger partial charge in [-0.25, -0.2) is 0 Å². The fraction of sp³-hybridized carbons (Fsp3) is 0.190. The van der Waals surface area contributed by atoms with Crippen LogP contribution in [0.4, 0.5) is 5.69 Å². The van der Waals surface area contributed by atoms with Gasteiger partial charge in [-0.15, -0.1) is 0 Å². The predicted octanol–water partition coefficient (Wildman–Crippen LogP) is 4.95. The molecule has 2 heterocycles. The first-order chi connectivity index (χ1) is 13.2. The second-order valence-corrected chi connectivity index (χ2v) is 7.26. The molecule has 27 heavy (non-hydrogen) atoms. The number of halogens is 1. The number of fused-ring (bicyclic) bond motifs is 1. The smallest absolute Gasteiger partial charge is 0.174 e. The molecule has 1 atom stereocenters. The summed E-state index contributed by atoms with van der Waals surface area (Å²) in [5.41, 5.74) is 3.33. The van der Waals surface area contributed by atoms with Gasteiger partial charge in [-0.1, -0.05) is 23.7 Å². The Balaban J connectivity index is 1.63. The third-order valence-electron chi connectivity index (χ3n) is 4.83. The number of nitrogens with zero attached hydrogens (tertiary/aromatic N) is 2. The van der Waals surface area contributed by atoms with Crippen LogP contribution >= 0.6 is 23.8 Å². The lowest BCUT2D eigenvalue weighted by atomic mass is 10.0. The molecule has 3 aromatic rings. The van der Waals surface area contributed by atoms with Crippen LogP contribution in [-0.4, -0.2) is 28.2 Å². The van der Waals surface area contributed by atoms with Crippen molar-refractivity contribution in [3.05, 3.63) is 83.1 Å². The Kier molecular flexibility index (Phi) is 5.05. The molecular weight excluding hydrogens is 378 g/mol. The quantitative estimate of drug-likeness (QED) is 0.633. The molecule has 0 bridgehead atoms. The molecule has 0 fully saturated rings. The lowest BCUT2D eigenvalue weighted by molar-refractivity contribution is 0.293. The molecule has 0 radical (unpaired) electrons. The summed E-state index contributed by atoms with van der Waals surface area (Å²) in [6.07, 6.45) is 2.12. The van der Waals surface area contributed by atoms with Gasteiger partial charge in [0.25, 0.3) is 0 Å². The fourth-order valence-corrected chi connectivity index (χ4v) is 3.91. The van der Waals surface area contributed by atoms with Gasteiger partial charge in [-0.3, -0.25) is 0 Å². The van der Waals surface area contributed by atoms with Crippen molar-refractivity contribution in [2.24, 2.45) is 0 Å². The van der Waals surface area contributed by atoms with Gasteiger partial charge in [0.05, 0.1) is 13.2 Å². The number of aromatic nitrogens is 1. The minimum absolute atomic E-state index is 0.0456. The minimum Gasteiger partial charge on any atom is -0.497 e. The van der Waals surface area contributed by atoms with E-state index in [0.29, 0.717) is 5.11 Å². The topological polar surface area (TPSA) is 29.4 Å². The molecule has 0 spiro atoms. The van der Waals surface area contributed by atoms with E-state index in [2.05, 4.69) is 45.2 Å². The average molecular weight is 398 g/mol. The van der Waals surface area contributed by atoms with Crippen molar-refractivity contribution in [1.29, 1.82) is 0 Å². The van der Waals surface area contributed by atoms with E-state index in [4.69, 9.17) is 28.6 Å². The standard InChI is InChI=1S/C21H20ClN3OS/c1-26-18-10-8-17(9-11-18)23-21(27)25-14-13-24-12-2-3-19(24)20(25)15-4-6-16(22)7-5-15/h2-12,20H,13-14H2,1H3,(H,23,27)/t20-/m0/s1. The van der Waals surface area contributed by atoms with Crippen LogP contribution in [0.25, 0.3) is 0 Å². The van der Waals surface area contributed by atoms with Gasteiger partial charge in [0.2, 0.25) is 0 Å². The van der Waals surface area contributed by atoms with Crippen LogP contribution in [-0.2, 0) is 6.54 Å². The minimum atomic E-state index is 0.0456. The highest BCUT2D eigenvalue weighted by Crippen LogP contribution is 2.33. The first-order valence-corrected chi connectivity index (χ1v) is 9.56. The second kappa shape index (κ2) is 7.62. The largest absolute Gasteiger partial charge is 0.497 e. The van der Waals surface area contributed by atoms with E-state index in [1.54, 1.807) is 7.11 Å². The molecule has 138 valence electrons. The summed E-state index contributed by atoms with van der Waals surface area (Å²) in [6.45, 7) is 1.73. The van der Waals surface area contributed by atoms with Crippen molar-refractivity contribution in [2.75, 3.05) is 19.0 Å². The van der Waals surface area contributed by atoms with Crippen molar-refractivity contribution >= 4 is 34.6 Å². The molecule has 1 aliphatic rings. The number of hydrogen-bond acceptors (Lipinski definition) is 2. The van der Waals surface area contributed by atoms with Crippen molar-refractivity contribution < 1.29 is 4.74 Å². The maximum Gasteiger partial charge on any atom is 0.174 e. The van der Waals surface area contributed by atoms with Crippen LogP contribution in [0.5, 0.6) is 5.75 Å². The van der Waals surface area contributed by atoms with Gasteiger partial charge in [0.1, 0.15) is 5.75 Å². The van der Waals surface area contributed by atoms with Gasteiger partial charge < -0.3 is 19.5 Å². The van der Waals surface area contributed by atoms with Crippen LogP contribution in [0.15, 0.2) is 66.9 Å². The highest BCUT2D eigenvalue weighted by molar-refractivity contribution is 7.80. The highest BCUT2D eigenvalue weighted by Gasteiger charge is 2.30. The third-order valence-corrected chi connectivity index (χ3v) is 5.41. The molecule has 0 amide bonds. The molecule has 4 rings (SSSR count). The average Bonchev–Trinajstić information content (AvgIpc) is 3.17. The Labute approximate surface area is 169 Å². The van der Waals surface area contributed by atoms with Crippen LogP contribution in [0.1, 0.15) is 17.3 Å². The Morgan fingerprint density at radius 1 is 1.07 bits per heavy atom. The maximum atomic E-state index is 6.09. The number of benzene rings is 2. The Morgan fingerprint density at radius 3 is 2.52 bits per heavy atom. The number of ether oxygens (including phenoxy) is 1. The first-order valence-electron chi connectivity index (χ1n) is 8.78. The lowest BCUT2D eigenvalue weighted by Crippen LogP contribution is -2.44. The van der Waals surface area contributed by atoms with Gasteiger partial charge in [-0.2, -0.15) is 0 Å². The van der Waals surface area contributed by atoms with E-state index in [1.165, 1.54) is 5.69 Å². The Morgan fingerprint density at radius 2 is 1.81 bits per heavy atom. The molecular formula is C21H20ClN3OS. The Hall–Kier alpha value is -2.50. The molecule has 1 aliphatic heterocycles. The van der Waals surface area contributed by atoms with Crippen LogP contribution in [0, 0.1) is 0 Å². The van der Waals surface area contributed by atoms with E-state index in [9.17, 15) is 0 Å². The zero-order valence-corrected chi connectivity index (χ0v) is 16.5. The lowest BCUT2D eigenvalue weighted by Gasteiger charge is -2.39. The van der Waals surface area contributed by atoms with Crippen molar-refractivity contribution in [3.63, 3.8) is 0 Å². The normalized spacial score (nSPS) is 15.9. The zero-order valence-electron chi connectivity index (χ0n) is 14.9. The van der Waals surface area contributed by atoms with Crippen LogP contribution in [0.2, 0.25) is 5.02 Å². The van der Waals surface area contributed by atoms with Gasteiger partial charge in [0.15, 0.2) is 5.11 Å². The van der Waals surface area contributed by atoms with E-state index < -0.39 is 0 Å². The summed E-state index contributed by atoms with van der Waals surface area (Å²) >= 11 is 11.9. The van der Waals surface area contributed by atoms with Crippen molar-refractivity contribution in [3.8, 4) is 5.75 Å². The molecule has 1 aromatic heterocycles. The molecule has 1 N–H and O–H groups in total. The number of rotatable bonds is 3. The van der Waals surface area contributed by atoms with E-state index in [-0.39, 0.29) is 6.04 Å². The maximum absolute atomic E-state index is 6.09. The molecule has 0 saturated heterocycles. The summed E-state index contributed by atoms with van der Waals surface area (Å²) in [5.74, 6) is 0.821. The van der Waals surface area contributed by atoms with Crippen molar-refractivity contribution in [2.45, 2.75) is 12.6 Å².